The number of nitrogens with zero attached hydrogens (tertiary/aromatic N) is 2. The molecule has 1 saturated heterocycles. The quantitative estimate of drug-likeness (QED) is 0.382. The Bertz CT molecular complexity index is 1090. The van der Waals surface area contributed by atoms with E-state index < -0.39 is 0 Å². The molecule has 0 radical (unpaired) electrons. The van der Waals surface area contributed by atoms with Crippen molar-refractivity contribution in [2.45, 2.75) is 25.9 Å². The molecule has 8 heteroatoms. The number of para-hydroxylation sites is 1. The van der Waals surface area contributed by atoms with Crippen LogP contribution in [-0.2, 0) is 11.3 Å². The molecule has 2 amide bonds. The third-order valence-electron chi connectivity index (χ3n) is 5.25. The number of guanidine groups is 1. The van der Waals surface area contributed by atoms with E-state index in [2.05, 4.69) is 20.9 Å². The first kappa shape index (κ1) is 22.1. The second kappa shape index (κ2) is 10.5. The van der Waals surface area contributed by atoms with Gasteiger partial charge in [0.25, 0.3) is 5.91 Å². The lowest BCUT2D eigenvalue weighted by Gasteiger charge is -2.19. The van der Waals surface area contributed by atoms with Crippen molar-refractivity contribution in [2.75, 3.05) is 23.3 Å². The smallest absolute Gasteiger partial charge is 0.291 e. The summed E-state index contributed by atoms with van der Waals surface area (Å²) in [6.45, 7) is 3.78. The van der Waals surface area contributed by atoms with Crippen LogP contribution in [0.15, 0.2) is 82.4 Å². The van der Waals surface area contributed by atoms with Gasteiger partial charge >= 0.3 is 0 Å². The Hall–Kier alpha value is -4.07. The highest BCUT2D eigenvalue weighted by Crippen LogP contribution is 2.21. The summed E-state index contributed by atoms with van der Waals surface area (Å²) in [5, 5.41) is 9.42. The Balaban J connectivity index is 1.34. The van der Waals surface area contributed by atoms with Crippen LogP contribution in [0.5, 0.6) is 0 Å². The molecule has 170 valence electrons. The van der Waals surface area contributed by atoms with Crippen LogP contribution in [0.4, 0.5) is 11.4 Å². The fourth-order valence-electron chi connectivity index (χ4n) is 3.64. The van der Waals surface area contributed by atoms with Crippen LogP contribution < -0.4 is 20.9 Å². The molecule has 1 aromatic heterocycles. The third-order valence-corrected chi connectivity index (χ3v) is 5.25. The second-order valence-electron chi connectivity index (χ2n) is 7.71. The standard InChI is InChI=1S/C25H27N5O3/c1-2-26-25(29-20-15-23(31)30(17-20)21-7-4-3-5-8-21)27-16-18-10-12-19(13-11-18)28-24(32)22-9-6-14-33-22/h3-14,20H,2,15-17H2,1H3,(H,28,32)(H2,26,27,29). The van der Waals surface area contributed by atoms with Crippen LogP contribution in [0.1, 0.15) is 29.5 Å². The Morgan fingerprint density at radius 2 is 1.88 bits per heavy atom. The molecule has 4 rings (SSSR count). The molecule has 1 fully saturated rings. The molecule has 3 aromatic rings. The molecule has 0 spiro atoms. The highest BCUT2D eigenvalue weighted by molar-refractivity contribution is 6.02. The van der Waals surface area contributed by atoms with Crippen LogP contribution in [0.2, 0.25) is 0 Å². The minimum absolute atomic E-state index is 0.0188. The molecule has 2 aromatic carbocycles. The van der Waals surface area contributed by atoms with E-state index in [4.69, 9.17) is 4.42 Å². The first-order valence-electron chi connectivity index (χ1n) is 11.0. The number of furan rings is 1. The molecule has 0 saturated carbocycles. The molecular formula is C25H27N5O3. The van der Waals surface area contributed by atoms with Crippen molar-refractivity contribution >= 4 is 29.1 Å². The highest BCUT2D eigenvalue weighted by Gasteiger charge is 2.31. The maximum Gasteiger partial charge on any atom is 0.291 e. The third kappa shape index (κ3) is 5.79. The maximum atomic E-state index is 12.5. The molecule has 0 bridgehead atoms. The lowest BCUT2D eigenvalue weighted by molar-refractivity contribution is -0.117. The van der Waals surface area contributed by atoms with Gasteiger partial charge in [0, 0.05) is 30.9 Å². The zero-order valence-corrected chi connectivity index (χ0v) is 18.5. The fourth-order valence-corrected chi connectivity index (χ4v) is 3.64. The predicted octanol–water partition coefficient (Wildman–Crippen LogP) is 3.39. The van der Waals surface area contributed by atoms with Crippen molar-refractivity contribution < 1.29 is 14.0 Å². The zero-order chi connectivity index (χ0) is 23.0. The second-order valence-corrected chi connectivity index (χ2v) is 7.71. The van der Waals surface area contributed by atoms with Gasteiger partial charge in [-0.25, -0.2) is 4.99 Å². The monoisotopic (exact) mass is 445 g/mol. The minimum atomic E-state index is -0.292. The van der Waals surface area contributed by atoms with Crippen molar-refractivity contribution in [1.29, 1.82) is 0 Å². The Morgan fingerprint density at radius 3 is 2.58 bits per heavy atom. The maximum absolute atomic E-state index is 12.5. The summed E-state index contributed by atoms with van der Waals surface area (Å²) >= 11 is 0. The van der Waals surface area contributed by atoms with Gasteiger partial charge in [0.1, 0.15) is 0 Å². The van der Waals surface area contributed by atoms with E-state index in [-0.39, 0.29) is 23.6 Å². The van der Waals surface area contributed by atoms with E-state index in [1.54, 1.807) is 17.0 Å². The molecule has 1 aliphatic rings. The van der Waals surface area contributed by atoms with Gasteiger partial charge in [-0.1, -0.05) is 30.3 Å². The van der Waals surface area contributed by atoms with Gasteiger partial charge in [0.05, 0.1) is 18.8 Å². The van der Waals surface area contributed by atoms with Gasteiger partial charge in [0.15, 0.2) is 11.7 Å². The van der Waals surface area contributed by atoms with E-state index in [9.17, 15) is 9.59 Å². The molecule has 1 atom stereocenters. The molecule has 33 heavy (non-hydrogen) atoms. The number of carbonyl (C=O) groups is 2. The van der Waals surface area contributed by atoms with Gasteiger partial charge in [-0.2, -0.15) is 0 Å². The lowest BCUT2D eigenvalue weighted by Crippen LogP contribution is -2.44. The molecular weight excluding hydrogens is 418 g/mol. The number of nitrogens with one attached hydrogen (secondary N) is 3. The number of hydrogen-bond donors (Lipinski definition) is 3. The predicted molar refractivity (Wildman–Crippen MR) is 128 cm³/mol. The van der Waals surface area contributed by atoms with Crippen LogP contribution in [0.3, 0.4) is 0 Å². The van der Waals surface area contributed by atoms with Gasteiger partial charge in [-0.05, 0) is 48.9 Å². The van der Waals surface area contributed by atoms with Gasteiger partial charge in [-0.3, -0.25) is 9.59 Å². The average molecular weight is 446 g/mol. The number of hydrogen-bond acceptors (Lipinski definition) is 4. The Labute approximate surface area is 192 Å². The lowest BCUT2D eigenvalue weighted by atomic mass is 10.2. The number of anilines is 2. The normalized spacial score (nSPS) is 16.0. The van der Waals surface area contributed by atoms with E-state index in [0.29, 0.717) is 37.7 Å². The molecule has 2 heterocycles. The van der Waals surface area contributed by atoms with Crippen LogP contribution >= 0.6 is 0 Å². The molecule has 0 aliphatic carbocycles. The summed E-state index contributed by atoms with van der Waals surface area (Å²) in [4.78, 5) is 31.0. The topological polar surface area (TPSA) is 99.0 Å². The van der Waals surface area contributed by atoms with Crippen molar-refractivity contribution in [2.24, 2.45) is 4.99 Å². The number of amides is 2. The first-order valence-corrected chi connectivity index (χ1v) is 11.0. The first-order chi connectivity index (χ1) is 16.1. The molecule has 1 unspecified atom stereocenters. The number of carbonyl (C=O) groups excluding carboxylic acids is 2. The van der Waals surface area contributed by atoms with Gasteiger partial charge in [-0.15, -0.1) is 0 Å². The summed E-state index contributed by atoms with van der Waals surface area (Å²) < 4.78 is 5.10. The summed E-state index contributed by atoms with van der Waals surface area (Å²) in [5.41, 5.74) is 2.59. The van der Waals surface area contributed by atoms with Crippen molar-refractivity contribution in [3.05, 3.63) is 84.3 Å². The van der Waals surface area contributed by atoms with Crippen LogP contribution in [0.25, 0.3) is 0 Å². The largest absolute Gasteiger partial charge is 0.459 e. The summed E-state index contributed by atoms with van der Waals surface area (Å²) in [6.07, 6.45) is 1.88. The van der Waals surface area contributed by atoms with E-state index in [0.717, 1.165) is 11.3 Å². The van der Waals surface area contributed by atoms with E-state index in [1.807, 2.05) is 61.5 Å². The van der Waals surface area contributed by atoms with Crippen LogP contribution in [0, 0.1) is 0 Å². The minimum Gasteiger partial charge on any atom is -0.459 e. The Morgan fingerprint density at radius 1 is 1.09 bits per heavy atom. The van der Waals surface area contributed by atoms with E-state index >= 15 is 0 Å². The average Bonchev–Trinajstić information content (AvgIpc) is 3.49. The SMILES string of the molecule is CCNC(=NCc1ccc(NC(=O)c2ccco2)cc1)NC1CC(=O)N(c2ccccc2)C1. The molecule has 3 N–H and O–H groups in total. The van der Waals surface area contributed by atoms with Crippen molar-refractivity contribution in [1.82, 2.24) is 10.6 Å². The van der Waals surface area contributed by atoms with Gasteiger partial charge in [0.2, 0.25) is 5.91 Å². The summed E-state index contributed by atoms with van der Waals surface area (Å²) in [6, 6.07) is 20.5. The highest BCUT2D eigenvalue weighted by atomic mass is 16.3. The zero-order valence-electron chi connectivity index (χ0n) is 18.5. The number of rotatable bonds is 7. The Kier molecular flexibility index (Phi) is 7.04. The van der Waals surface area contributed by atoms with Crippen molar-refractivity contribution in [3.8, 4) is 0 Å². The van der Waals surface area contributed by atoms with Gasteiger partial charge < -0.3 is 25.3 Å². The number of aliphatic imine (C=N–C) groups is 1. The molecule has 8 nitrogen and oxygen atoms in total. The fraction of sp³-hybridized carbons (Fsp3) is 0.240. The van der Waals surface area contributed by atoms with E-state index in [1.165, 1.54) is 6.26 Å². The van der Waals surface area contributed by atoms with Crippen LogP contribution in [-0.4, -0.2) is 36.9 Å². The molecule has 1 aliphatic heterocycles. The number of benzene rings is 2. The summed E-state index contributed by atoms with van der Waals surface area (Å²) in [5.74, 6) is 0.739. The van der Waals surface area contributed by atoms with Crippen molar-refractivity contribution in [3.63, 3.8) is 0 Å². The summed E-state index contributed by atoms with van der Waals surface area (Å²) in [7, 11) is 0.